The Hall–Kier alpha value is -3.60. The minimum Gasteiger partial charge on any atom is -0.489 e. The number of aromatic nitrogens is 1. The maximum absolute atomic E-state index is 6.28. The Kier molecular flexibility index (Phi) is 5.95. The molecule has 5 aromatic rings. The predicted molar refractivity (Wildman–Crippen MR) is 158 cm³/mol. The van der Waals surface area contributed by atoms with Gasteiger partial charge >= 0.3 is 0 Å². The molecule has 0 spiro atoms. The van der Waals surface area contributed by atoms with Crippen molar-refractivity contribution in [2.24, 2.45) is 5.92 Å². The van der Waals surface area contributed by atoms with Crippen LogP contribution in [0.4, 0.5) is 5.69 Å². The molecule has 0 saturated carbocycles. The van der Waals surface area contributed by atoms with Gasteiger partial charge in [0.15, 0.2) is 0 Å². The molecular formula is C33H27ClN2OS. The number of benzene rings is 4. The van der Waals surface area contributed by atoms with Crippen LogP contribution in [0.2, 0.25) is 5.02 Å². The van der Waals surface area contributed by atoms with Gasteiger partial charge < -0.3 is 10.1 Å². The van der Waals surface area contributed by atoms with E-state index >= 15 is 0 Å². The molecule has 38 heavy (non-hydrogen) atoms. The molecule has 188 valence electrons. The molecule has 1 aromatic heterocycles. The Labute approximate surface area is 231 Å². The SMILES string of the molecule is Cc1ccc2nc(-c3ccc4c(c3)[C@@H]3C=CC[C@@H]3[C@H](c3ccc(OCc5ccccc5Cl)cc3)N4)sc2c1. The zero-order chi connectivity index (χ0) is 25.6. The van der Waals surface area contributed by atoms with Crippen molar-refractivity contribution in [2.45, 2.75) is 31.9 Å². The van der Waals surface area contributed by atoms with Crippen molar-refractivity contribution < 1.29 is 4.74 Å². The number of hydrogen-bond acceptors (Lipinski definition) is 4. The zero-order valence-electron chi connectivity index (χ0n) is 21.0. The molecule has 1 aliphatic heterocycles. The lowest BCUT2D eigenvalue weighted by molar-refractivity contribution is 0.306. The number of fused-ring (bicyclic) bond motifs is 4. The minimum absolute atomic E-state index is 0.247. The average Bonchev–Trinajstić information content (AvgIpc) is 3.60. The first-order chi connectivity index (χ1) is 18.6. The summed E-state index contributed by atoms with van der Waals surface area (Å²) in [6.45, 7) is 2.59. The first kappa shape index (κ1) is 23.5. The van der Waals surface area contributed by atoms with E-state index in [2.05, 4.69) is 85.1 Å². The largest absolute Gasteiger partial charge is 0.489 e. The molecule has 7 rings (SSSR count). The summed E-state index contributed by atoms with van der Waals surface area (Å²) in [5.74, 6) is 1.72. The van der Waals surface area contributed by atoms with Gasteiger partial charge in [-0.05, 0) is 84.5 Å². The van der Waals surface area contributed by atoms with Crippen LogP contribution in [0.15, 0.2) is 97.1 Å². The van der Waals surface area contributed by atoms with Crippen molar-refractivity contribution in [3.05, 3.63) is 124 Å². The molecule has 2 aliphatic rings. The number of hydrogen-bond donors (Lipinski definition) is 1. The zero-order valence-corrected chi connectivity index (χ0v) is 22.6. The second-order valence-corrected chi connectivity index (χ2v) is 11.7. The summed E-state index contributed by atoms with van der Waals surface area (Å²) in [4.78, 5) is 4.93. The van der Waals surface area contributed by atoms with Crippen LogP contribution in [-0.2, 0) is 6.61 Å². The molecule has 0 amide bonds. The standard InChI is InChI=1S/C33H27ClN2OS/c1-20-9-15-30-31(17-20)38-33(36-30)22-12-16-29-27(18-22)25-6-4-7-26(25)32(35-29)21-10-13-24(14-11-21)37-19-23-5-2-3-8-28(23)34/h2-6,8-18,25-26,32,35H,7,19H2,1H3/t25-,26+,32+/m1/s1. The third-order valence-electron chi connectivity index (χ3n) is 7.75. The van der Waals surface area contributed by atoms with Crippen LogP contribution in [0.25, 0.3) is 20.8 Å². The highest BCUT2D eigenvalue weighted by atomic mass is 35.5. The van der Waals surface area contributed by atoms with E-state index in [9.17, 15) is 0 Å². The average molecular weight is 535 g/mol. The first-order valence-corrected chi connectivity index (χ1v) is 14.2. The molecule has 0 bridgehead atoms. The smallest absolute Gasteiger partial charge is 0.124 e. The van der Waals surface area contributed by atoms with Crippen LogP contribution >= 0.6 is 22.9 Å². The summed E-state index contributed by atoms with van der Waals surface area (Å²) < 4.78 is 7.26. The molecule has 0 radical (unpaired) electrons. The van der Waals surface area contributed by atoms with Crippen LogP contribution in [0.5, 0.6) is 5.75 Å². The van der Waals surface area contributed by atoms with Crippen molar-refractivity contribution in [2.75, 3.05) is 5.32 Å². The molecule has 5 heteroatoms. The van der Waals surface area contributed by atoms with E-state index in [1.54, 1.807) is 11.3 Å². The van der Waals surface area contributed by atoms with Crippen molar-refractivity contribution in [1.29, 1.82) is 0 Å². The fourth-order valence-electron chi connectivity index (χ4n) is 5.76. The first-order valence-electron chi connectivity index (χ1n) is 13.0. The molecule has 3 nitrogen and oxygen atoms in total. The van der Waals surface area contributed by atoms with Crippen LogP contribution < -0.4 is 10.1 Å². The topological polar surface area (TPSA) is 34.1 Å². The normalized spacial score (nSPS) is 19.7. The Bertz CT molecular complexity index is 1670. The van der Waals surface area contributed by atoms with Crippen molar-refractivity contribution >= 4 is 38.8 Å². The number of aryl methyl sites for hydroxylation is 1. The van der Waals surface area contributed by atoms with Gasteiger partial charge in [0.05, 0.1) is 16.3 Å². The maximum Gasteiger partial charge on any atom is 0.124 e. The number of nitrogens with one attached hydrogen (secondary N) is 1. The molecule has 0 saturated heterocycles. The lowest BCUT2D eigenvalue weighted by atomic mass is 9.76. The van der Waals surface area contributed by atoms with Gasteiger partial charge in [0.2, 0.25) is 0 Å². The minimum atomic E-state index is 0.247. The van der Waals surface area contributed by atoms with Gasteiger partial charge in [-0.25, -0.2) is 4.98 Å². The van der Waals surface area contributed by atoms with Crippen LogP contribution in [0.3, 0.4) is 0 Å². The summed E-state index contributed by atoms with van der Waals surface area (Å²) in [5.41, 5.74) is 8.39. The quantitative estimate of drug-likeness (QED) is 0.228. The lowest BCUT2D eigenvalue weighted by Gasteiger charge is -2.37. The molecule has 0 fully saturated rings. The van der Waals surface area contributed by atoms with Gasteiger partial charge in [-0.1, -0.05) is 60.2 Å². The highest BCUT2D eigenvalue weighted by Crippen LogP contribution is 2.50. The molecule has 2 heterocycles. The lowest BCUT2D eigenvalue weighted by Crippen LogP contribution is -2.29. The Morgan fingerprint density at radius 3 is 2.74 bits per heavy atom. The monoisotopic (exact) mass is 534 g/mol. The number of allylic oxidation sites excluding steroid dienone is 2. The second-order valence-electron chi connectivity index (χ2n) is 10.2. The van der Waals surface area contributed by atoms with Gasteiger partial charge in [-0.3, -0.25) is 0 Å². The van der Waals surface area contributed by atoms with Crippen LogP contribution in [0.1, 0.15) is 40.6 Å². The van der Waals surface area contributed by atoms with E-state index in [1.807, 2.05) is 24.3 Å². The summed E-state index contributed by atoms with van der Waals surface area (Å²) >= 11 is 8.06. The van der Waals surface area contributed by atoms with Gasteiger partial charge in [0.1, 0.15) is 17.4 Å². The van der Waals surface area contributed by atoms with Crippen molar-refractivity contribution in [3.8, 4) is 16.3 Å². The maximum atomic E-state index is 6.28. The van der Waals surface area contributed by atoms with Crippen molar-refractivity contribution in [3.63, 3.8) is 0 Å². The third-order valence-corrected chi connectivity index (χ3v) is 9.18. The van der Waals surface area contributed by atoms with E-state index in [-0.39, 0.29) is 6.04 Å². The van der Waals surface area contributed by atoms with Gasteiger partial charge in [0.25, 0.3) is 0 Å². The number of thiazole rings is 1. The second kappa shape index (κ2) is 9.61. The number of halogens is 1. The van der Waals surface area contributed by atoms with E-state index in [4.69, 9.17) is 21.3 Å². The molecule has 1 aliphatic carbocycles. The number of ether oxygens (including phenoxy) is 1. The van der Waals surface area contributed by atoms with Crippen LogP contribution in [-0.4, -0.2) is 4.98 Å². The summed E-state index contributed by atoms with van der Waals surface area (Å²) in [6.07, 6.45) is 5.80. The fraction of sp³-hybridized carbons (Fsp3) is 0.182. The summed E-state index contributed by atoms with van der Waals surface area (Å²) in [5, 5.41) is 5.68. The molecule has 1 N–H and O–H groups in total. The summed E-state index contributed by atoms with van der Waals surface area (Å²) in [7, 11) is 0. The predicted octanol–water partition coefficient (Wildman–Crippen LogP) is 9.33. The Morgan fingerprint density at radius 2 is 1.87 bits per heavy atom. The van der Waals surface area contributed by atoms with Gasteiger partial charge in [-0.2, -0.15) is 0 Å². The molecule has 0 unspecified atom stereocenters. The van der Waals surface area contributed by atoms with Crippen LogP contribution in [0, 0.1) is 12.8 Å². The fourth-order valence-corrected chi connectivity index (χ4v) is 7.01. The van der Waals surface area contributed by atoms with Crippen molar-refractivity contribution in [1.82, 2.24) is 4.98 Å². The highest BCUT2D eigenvalue weighted by Gasteiger charge is 2.38. The number of anilines is 1. The van der Waals surface area contributed by atoms with Gasteiger partial charge in [0, 0.05) is 27.8 Å². The van der Waals surface area contributed by atoms with E-state index in [1.165, 1.54) is 32.6 Å². The van der Waals surface area contributed by atoms with Gasteiger partial charge in [-0.15, -0.1) is 11.3 Å². The number of nitrogens with zero attached hydrogens (tertiary/aromatic N) is 1. The molecule has 3 atom stereocenters. The number of rotatable bonds is 5. The van der Waals surface area contributed by atoms with E-state index in [0.717, 1.165) is 33.3 Å². The molecular weight excluding hydrogens is 508 g/mol. The van der Waals surface area contributed by atoms with E-state index in [0.29, 0.717) is 18.4 Å². The molecule has 4 aromatic carbocycles. The highest BCUT2D eigenvalue weighted by molar-refractivity contribution is 7.21. The Balaban J connectivity index is 1.13. The third kappa shape index (κ3) is 4.28. The summed E-state index contributed by atoms with van der Waals surface area (Å²) in [6, 6.07) is 29.8. The Morgan fingerprint density at radius 1 is 1.00 bits per heavy atom. The van der Waals surface area contributed by atoms with E-state index < -0.39 is 0 Å².